The highest BCUT2D eigenvalue weighted by Crippen LogP contribution is 2.03. The quantitative estimate of drug-likeness (QED) is 0.653. The molecule has 0 aliphatic heterocycles. The van der Waals surface area contributed by atoms with Crippen molar-refractivity contribution in [2.24, 2.45) is 0 Å². The first-order valence-electron chi connectivity index (χ1n) is 5.42. The Morgan fingerprint density at radius 3 is 2.44 bits per heavy atom. The fraction of sp³-hybridized carbons (Fsp3) is 0.417. The summed E-state index contributed by atoms with van der Waals surface area (Å²) in [6.45, 7) is 3.67. The second-order valence-electron chi connectivity index (χ2n) is 3.53. The van der Waals surface area contributed by atoms with Crippen molar-refractivity contribution >= 4 is 5.91 Å². The summed E-state index contributed by atoms with van der Waals surface area (Å²) in [5.74, 6) is -0.00640. The molecule has 3 N–H and O–H groups in total. The zero-order valence-corrected chi connectivity index (χ0v) is 9.49. The van der Waals surface area contributed by atoms with Crippen molar-refractivity contribution in [2.75, 3.05) is 13.1 Å². The molecular formula is C12H18N2O2. The van der Waals surface area contributed by atoms with Crippen LogP contribution in [0.15, 0.2) is 24.3 Å². The summed E-state index contributed by atoms with van der Waals surface area (Å²) in [6.07, 6.45) is 0. The van der Waals surface area contributed by atoms with Crippen LogP contribution >= 0.6 is 0 Å². The predicted octanol–water partition coefficient (Wildman–Crippen LogP) is 0.405. The van der Waals surface area contributed by atoms with Crippen LogP contribution in [0.25, 0.3) is 0 Å². The summed E-state index contributed by atoms with van der Waals surface area (Å²) >= 11 is 0. The van der Waals surface area contributed by atoms with E-state index in [1.165, 1.54) is 0 Å². The molecule has 0 saturated heterocycles. The van der Waals surface area contributed by atoms with Crippen LogP contribution in [0.4, 0.5) is 0 Å². The summed E-state index contributed by atoms with van der Waals surface area (Å²) < 4.78 is 0. The van der Waals surface area contributed by atoms with Crippen molar-refractivity contribution in [3.8, 4) is 0 Å². The van der Waals surface area contributed by atoms with Crippen molar-refractivity contribution in [3.63, 3.8) is 0 Å². The molecule has 0 unspecified atom stereocenters. The number of aliphatic hydroxyl groups is 1. The van der Waals surface area contributed by atoms with Gasteiger partial charge < -0.3 is 15.7 Å². The molecule has 16 heavy (non-hydrogen) atoms. The maximum atomic E-state index is 11.3. The molecule has 0 fully saturated rings. The largest absolute Gasteiger partial charge is 0.392 e. The van der Waals surface area contributed by atoms with Crippen LogP contribution < -0.4 is 10.6 Å². The summed E-state index contributed by atoms with van der Waals surface area (Å²) in [5, 5.41) is 14.6. The normalized spacial score (nSPS) is 10.1. The van der Waals surface area contributed by atoms with Gasteiger partial charge in [-0.2, -0.15) is 0 Å². The molecule has 0 spiro atoms. The van der Waals surface area contributed by atoms with E-state index < -0.39 is 0 Å². The fourth-order valence-electron chi connectivity index (χ4n) is 1.26. The van der Waals surface area contributed by atoms with Crippen molar-refractivity contribution in [1.29, 1.82) is 0 Å². The average Bonchev–Trinajstić information content (AvgIpc) is 2.34. The lowest BCUT2D eigenvalue weighted by Crippen LogP contribution is -2.33. The Morgan fingerprint density at radius 2 is 1.88 bits per heavy atom. The van der Waals surface area contributed by atoms with Crippen LogP contribution in [0, 0.1) is 0 Å². The van der Waals surface area contributed by atoms with E-state index >= 15 is 0 Å². The van der Waals surface area contributed by atoms with Crippen LogP contribution in [-0.2, 0) is 17.9 Å². The van der Waals surface area contributed by atoms with Gasteiger partial charge in [-0.05, 0) is 17.7 Å². The van der Waals surface area contributed by atoms with Gasteiger partial charge >= 0.3 is 0 Å². The minimum Gasteiger partial charge on any atom is -0.392 e. The SMILES string of the molecule is CCNCC(=O)NCc1ccc(CO)cc1. The standard InChI is InChI=1S/C12H18N2O2/c1-2-13-8-12(16)14-7-10-3-5-11(9-15)6-4-10/h3-6,13,15H,2,7-9H2,1H3,(H,14,16). The van der Waals surface area contributed by atoms with Crippen LogP contribution in [0.2, 0.25) is 0 Å². The zero-order valence-electron chi connectivity index (χ0n) is 9.49. The van der Waals surface area contributed by atoms with Gasteiger partial charge in [0.25, 0.3) is 0 Å². The number of carbonyl (C=O) groups excluding carboxylic acids is 1. The van der Waals surface area contributed by atoms with Gasteiger partial charge in [-0.1, -0.05) is 31.2 Å². The third kappa shape index (κ3) is 4.42. The molecule has 1 amide bonds. The zero-order chi connectivity index (χ0) is 11.8. The minimum atomic E-state index is -0.00640. The molecule has 1 aromatic rings. The summed E-state index contributed by atoms with van der Waals surface area (Å²) in [5.41, 5.74) is 1.91. The summed E-state index contributed by atoms with van der Waals surface area (Å²) in [7, 11) is 0. The van der Waals surface area contributed by atoms with Crippen LogP contribution in [0.1, 0.15) is 18.1 Å². The van der Waals surface area contributed by atoms with E-state index in [1.807, 2.05) is 31.2 Å². The van der Waals surface area contributed by atoms with E-state index in [0.29, 0.717) is 13.1 Å². The Morgan fingerprint density at radius 1 is 1.25 bits per heavy atom. The predicted molar refractivity (Wildman–Crippen MR) is 62.8 cm³/mol. The van der Waals surface area contributed by atoms with Crippen molar-refractivity contribution < 1.29 is 9.90 Å². The van der Waals surface area contributed by atoms with Crippen molar-refractivity contribution in [3.05, 3.63) is 35.4 Å². The van der Waals surface area contributed by atoms with Gasteiger partial charge in [-0.15, -0.1) is 0 Å². The molecule has 0 atom stereocenters. The number of rotatable bonds is 6. The first kappa shape index (κ1) is 12.7. The van der Waals surface area contributed by atoms with E-state index in [4.69, 9.17) is 5.11 Å². The highest BCUT2D eigenvalue weighted by molar-refractivity contribution is 5.77. The molecule has 0 saturated carbocycles. The fourth-order valence-corrected chi connectivity index (χ4v) is 1.26. The number of nitrogens with one attached hydrogen (secondary N) is 2. The molecule has 0 aliphatic rings. The van der Waals surface area contributed by atoms with Crippen LogP contribution in [-0.4, -0.2) is 24.1 Å². The minimum absolute atomic E-state index is 0.00640. The molecule has 0 aliphatic carbocycles. The lowest BCUT2D eigenvalue weighted by Gasteiger charge is -2.06. The smallest absolute Gasteiger partial charge is 0.234 e. The Bertz CT molecular complexity index is 322. The number of hydrogen-bond donors (Lipinski definition) is 3. The van der Waals surface area contributed by atoms with Crippen molar-refractivity contribution in [1.82, 2.24) is 10.6 Å². The van der Waals surface area contributed by atoms with Crippen molar-refractivity contribution in [2.45, 2.75) is 20.1 Å². The molecule has 0 heterocycles. The highest BCUT2D eigenvalue weighted by Gasteiger charge is 1.99. The Hall–Kier alpha value is -1.39. The molecule has 1 aromatic carbocycles. The van der Waals surface area contributed by atoms with E-state index in [0.717, 1.165) is 17.7 Å². The number of amides is 1. The average molecular weight is 222 g/mol. The number of likely N-dealkylation sites (N-methyl/N-ethyl adjacent to an activating group) is 1. The van der Waals surface area contributed by atoms with Gasteiger partial charge in [-0.3, -0.25) is 4.79 Å². The number of aliphatic hydroxyl groups excluding tert-OH is 1. The van der Waals surface area contributed by atoms with Gasteiger partial charge in [0.1, 0.15) is 0 Å². The van der Waals surface area contributed by atoms with Gasteiger partial charge in [0.05, 0.1) is 13.2 Å². The number of hydrogen-bond acceptors (Lipinski definition) is 3. The van der Waals surface area contributed by atoms with E-state index in [2.05, 4.69) is 10.6 Å². The van der Waals surface area contributed by atoms with Crippen LogP contribution in [0.5, 0.6) is 0 Å². The highest BCUT2D eigenvalue weighted by atomic mass is 16.3. The Kier molecular flexibility index (Phi) is 5.53. The summed E-state index contributed by atoms with van der Waals surface area (Å²) in [4.78, 5) is 11.3. The molecular weight excluding hydrogens is 204 g/mol. The Labute approximate surface area is 95.7 Å². The third-order valence-electron chi connectivity index (χ3n) is 2.23. The van der Waals surface area contributed by atoms with Crippen LogP contribution in [0.3, 0.4) is 0 Å². The first-order chi connectivity index (χ1) is 7.76. The topological polar surface area (TPSA) is 61.4 Å². The number of benzene rings is 1. The van der Waals surface area contributed by atoms with E-state index in [-0.39, 0.29) is 12.5 Å². The van der Waals surface area contributed by atoms with Gasteiger partial charge in [-0.25, -0.2) is 0 Å². The second kappa shape index (κ2) is 6.98. The summed E-state index contributed by atoms with van der Waals surface area (Å²) in [6, 6.07) is 7.51. The van der Waals surface area contributed by atoms with E-state index in [9.17, 15) is 4.79 Å². The molecule has 4 nitrogen and oxygen atoms in total. The monoisotopic (exact) mass is 222 g/mol. The van der Waals surface area contributed by atoms with Gasteiger partial charge in [0.2, 0.25) is 5.91 Å². The van der Waals surface area contributed by atoms with Gasteiger partial charge in [0.15, 0.2) is 0 Å². The lowest BCUT2D eigenvalue weighted by atomic mass is 10.1. The first-order valence-corrected chi connectivity index (χ1v) is 5.42. The molecule has 0 aromatic heterocycles. The maximum Gasteiger partial charge on any atom is 0.234 e. The Balaban J connectivity index is 2.33. The maximum absolute atomic E-state index is 11.3. The molecule has 0 bridgehead atoms. The molecule has 0 radical (unpaired) electrons. The molecule has 4 heteroatoms. The lowest BCUT2D eigenvalue weighted by molar-refractivity contribution is -0.120. The number of carbonyl (C=O) groups is 1. The second-order valence-corrected chi connectivity index (χ2v) is 3.53. The van der Waals surface area contributed by atoms with Gasteiger partial charge in [0, 0.05) is 6.54 Å². The molecule has 88 valence electrons. The molecule has 1 rings (SSSR count). The van der Waals surface area contributed by atoms with E-state index in [1.54, 1.807) is 0 Å². The third-order valence-corrected chi connectivity index (χ3v) is 2.23.